The largest absolute Gasteiger partial charge is 0.459 e. The molecule has 0 aliphatic carbocycles. The molecule has 1 saturated heterocycles. The van der Waals surface area contributed by atoms with Gasteiger partial charge in [-0.05, 0) is 49.4 Å². The first-order valence-corrected chi connectivity index (χ1v) is 13.1. The van der Waals surface area contributed by atoms with Crippen molar-refractivity contribution >= 4 is 23.7 Å². The first-order chi connectivity index (χ1) is 20.2. The number of aliphatic hydroxyl groups is 1. The maximum absolute atomic E-state index is 13.1. The summed E-state index contributed by atoms with van der Waals surface area (Å²) in [5.74, 6) is -1.86. The lowest BCUT2D eigenvalue weighted by molar-refractivity contribution is -0.101. The van der Waals surface area contributed by atoms with Crippen LogP contribution in [0.15, 0.2) is 108 Å². The Morgan fingerprint density at radius 3 is 2.00 bits per heavy atom. The smallest absolute Gasteiger partial charge is 0.351 e. The predicted octanol–water partition coefficient (Wildman–Crippen LogP) is 3.23. The summed E-state index contributed by atoms with van der Waals surface area (Å²) < 4.78 is 18.1. The Labute approximate surface area is 240 Å². The van der Waals surface area contributed by atoms with Crippen LogP contribution in [0.2, 0.25) is 0 Å². The van der Waals surface area contributed by atoms with Gasteiger partial charge in [-0.3, -0.25) is 9.36 Å². The van der Waals surface area contributed by atoms with Gasteiger partial charge in [-0.1, -0.05) is 54.6 Å². The molecule has 1 unspecified atom stereocenters. The Morgan fingerprint density at radius 2 is 1.43 bits per heavy atom. The van der Waals surface area contributed by atoms with Crippen LogP contribution in [0.3, 0.4) is 0 Å². The van der Waals surface area contributed by atoms with Gasteiger partial charge in [0.2, 0.25) is 0 Å². The molecular formula is C31H27N3O8. The minimum atomic E-state index is -1.96. The van der Waals surface area contributed by atoms with Crippen LogP contribution in [-0.2, 0) is 14.2 Å². The molecule has 0 bridgehead atoms. The fourth-order valence-corrected chi connectivity index (χ4v) is 4.57. The summed E-state index contributed by atoms with van der Waals surface area (Å²) in [6, 6.07) is 26.2. The van der Waals surface area contributed by atoms with E-state index in [1.807, 2.05) is 0 Å². The molecule has 1 aromatic heterocycles. The maximum Gasteiger partial charge on any atom is 0.351 e. The number of carbonyl (C=O) groups is 3. The fraction of sp³-hybridized carbons (Fsp3) is 0.194. The van der Waals surface area contributed by atoms with Crippen LogP contribution >= 0.6 is 0 Å². The minimum absolute atomic E-state index is 0.0110. The molecule has 214 valence electrons. The van der Waals surface area contributed by atoms with Gasteiger partial charge in [0.15, 0.2) is 12.3 Å². The number of carbonyl (C=O) groups excluding carboxylic acids is 3. The van der Waals surface area contributed by atoms with Crippen LogP contribution in [0, 0.1) is 0 Å². The van der Waals surface area contributed by atoms with Crippen molar-refractivity contribution in [3.05, 3.63) is 130 Å². The van der Waals surface area contributed by atoms with Crippen molar-refractivity contribution in [2.75, 3.05) is 11.9 Å². The molecule has 3 aromatic carbocycles. The van der Waals surface area contributed by atoms with E-state index < -0.39 is 47.6 Å². The van der Waals surface area contributed by atoms with E-state index in [9.17, 15) is 24.3 Å². The molecule has 0 saturated carbocycles. The van der Waals surface area contributed by atoms with Gasteiger partial charge in [0.05, 0.1) is 11.1 Å². The molecule has 0 radical (unpaired) electrons. The zero-order chi connectivity index (χ0) is 29.7. The third kappa shape index (κ3) is 6.12. The molecule has 4 atom stereocenters. The van der Waals surface area contributed by atoms with Gasteiger partial charge in [-0.25, -0.2) is 14.4 Å². The number of esters is 2. The summed E-state index contributed by atoms with van der Waals surface area (Å²) in [5, 5.41) is 14.2. The summed E-state index contributed by atoms with van der Waals surface area (Å²) in [4.78, 5) is 55.0. The lowest BCUT2D eigenvalue weighted by Crippen LogP contribution is -2.48. The van der Waals surface area contributed by atoms with Crippen LogP contribution in [0.25, 0.3) is 0 Å². The topological polar surface area (TPSA) is 146 Å². The Bertz CT molecular complexity index is 1620. The van der Waals surface area contributed by atoms with Crippen LogP contribution in [0.4, 0.5) is 5.82 Å². The molecule has 11 heteroatoms. The second-order valence-electron chi connectivity index (χ2n) is 9.73. The average Bonchev–Trinajstić information content (AvgIpc) is 3.25. The standard InChI is InChI=1S/C31H27N3O8/c1-31(39)25(42-28(37)22-15-9-4-10-16-22)23(19-40-27(36)21-13-7-3-8-14-21)41-29(31)34-18-17-24(33-30(34)38)32-26(35)20-11-5-2-6-12-20/h2-18,23,25,29,39H,19H2,1H3,(H,32,33,35,38)/t23-,25-,29-,31?/m1/s1. The van der Waals surface area contributed by atoms with Crippen molar-refractivity contribution in [1.82, 2.24) is 9.55 Å². The molecule has 1 amide bonds. The van der Waals surface area contributed by atoms with E-state index in [1.54, 1.807) is 91.0 Å². The minimum Gasteiger partial charge on any atom is -0.459 e. The third-order valence-electron chi connectivity index (χ3n) is 6.71. The first-order valence-electron chi connectivity index (χ1n) is 13.1. The highest BCUT2D eigenvalue weighted by atomic mass is 16.6. The number of nitrogens with one attached hydrogen (secondary N) is 1. The number of hydrogen-bond acceptors (Lipinski definition) is 9. The van der Waals surface area contributed by atoms with Crippen LogP contribution < -0.4 is 11.0 Å². The van der Waals surface area contributed by atoms with Gasteiger partial charge in [0.1, 0.15) is 24.1 Å². The lowest BCUT2D eigenvalue weighted by Gasteiger charge is -2.30. The van der Waals surface area contributed by atoms with Gasteiger partial charge in [0, 0.05) is 11.8 Å². The number of amides is 1. The van der Waals surface area contributed by atoms with E-state index in [0.29, 0.717) is 11.1 Å². The SMILES string of the molecule is CC1(O)[C@H](OC(=O)c2ccccc2)[C@@H](COC(=O)c2ccccc2)O[C@H]1n1ccc(NC(=O)c2ccccc2)nc1=O. The Kier molecular flexibility index (Phi) is 8.23. The number of rotatable bonds is 8. The molecule has 2 heterocycles. The van der Waals surface area contributed by atoms with Crippen LogP contribution in [0.1, 0.15) is 44.2 Å². The summed E-state index contributed by atoms with van der Waals surface area (Å²) in [6.07, 6.45) is -2.58. The molecule has 1 fully saturated rings. The molecule has 11 nitrogen and oxygen atoms in total. The van der Waals surface area contributed by atoms with Gasteiger partial charge < -0.3 is 24.6 Å². The summed E-state index contributed by atoms with van der Waals surface area (Å²) in [6.45, 7) is 0.956. The number of aromatic nitrogens is 2. The van der Waals surface area contributed by atoms with Gasteiger partial charge in [-0.2, -0.15) is 4.98 Å². The molecule has 2 N–H and O–H groups in total. The number of nitrogens with zero attached hydrogens (tertiary/aromatic N) is 2. The number of hydrogen-bond donors (Lipinski definition) is 2. The number of anilines is 1. The Hall–Kier alpha value is -5.13. The highest BCUT2D eigenvalue weighted by Gasteiger charge is 2.57. The van der Waals surface area contributed by atoms with E-state index in [0.717, 1.165) is 4.57 Å². The summed E-state index contributed by atoms with van der Waals surface area (Å²) >= 11 is 0. The Balaban J connectivity index is 1.39. The maximum atomic E-state index is 13.1. The van der Waals surface area contributed by atoms with E-state index in [-0.39, 0.29) is 18.0 Å². The monoisotopic (exact) mass is 569 g/mol. The highest BCUT2D eigenvalue weighted by molar-refractivity contribution is 6.03. The molecule has 42 heavy (non-hydrogen) atoms. The van der Waals surface area contributed by atoms with Crippen molar-refractivity contribution < 1.29 is 33.7 Å². The third-order valence-corrected chi connectivity index (χ3v) is 6.71. The second kappa shape index (κ2) is 12.2. The summed E-state index contributed by atoms with van der Waals surface area (Å²) in [5.41, 5.74) is -1.91. The first kappa shape index (κ1) is 28.4. The van der Waals surface area contributed by atoms with Crippen LogP contribution in [-0.4, -0.2) is 56.9 Å². The molecule has 4 aromatic rings. The molecule has 1 aliphatic rings. The zero-order valence-corrected chi connectivity index (χ0v) is 22.5. The molecule has 0 spiro atoms. The van der Waals surface area contributed by atoms with Crippen molar-refractivity contribution in [2.45, 2.75) is 31.0 Å². The molecule has 1 aliphatic heterocycles. The van der Waals surface area contributed by atoms with E-state index in [4.69, 9.17) is 14.2 Å². The normalized spacial score (nSPS) is 21.3. The fourth-order valence-electron chi connectivity index (χ4n) is 4.57. The molecular weight excluding hydrogens is 542 g/mol. The van der Waals surface area contributed by atoms with Crippen molar-refractivity contribution in [2.24, 2.45) is 0 Å². The highest BCUT2D eigenvalue weighted by Crippen LogP contribution is 2.40. The van der Waals surface area contributed by atoms with E-state index in [2.05, 4.69) is 10.3 Å². The zero-order valence-electron chi connectivity index (χ0n) is 22.5. The van der Waals surface area contributed by atoms with E-state index in [1.165, 1.54) is 19.2 Å². The quantitative estimate of drug-likeness (QED) is 0.305. The van der Waals surface area contributed by atoms with Crippen molar-refractivity contribution in [3.8, 4) is 0 Å². The van der Waals surface area contributed by atoms with Gasteiger partial charge >= 0.3 is 17.6 Å². The number of ether oxygens (including phenoxy) is 3. The van der Waals surface area contributed by atoms with Crippen molar-refractivity contribution in [3.63, 3.8) is 0 Å². The molecule has 5 rings (SSSR count). The average molecular weight is 570 g/mol. The van der Waals surface area contributed by atoms with Crippen molar-refractivity contribution in [1.29, 1.82) is 0 Å². The van der Waals surface area contributed by atoms with Gasteiger partial charge in [0.25, 0.3) is 5.91 Å². The lowest BCUT2D eigenvalue weighted by atomic mass is 9.96. The van der Waals surface area contributed by atoms with Crippen LogP contribution in [0.5, 0.6) is 0 Å². The Morgan fingerprint density at radius 1 is 0.881 bits per heavy atom. The predicted molar refractivity (Wildman–Crippen MR) is 150 cm³/mol. The van der Waals surface area contributed by atoms with Gasteiger partial charge in [-0.15, -0.1) is 0 Å². The summed E-state index contributed by atoms with van der Waals surface area (Å²) in [7, 11) is 0. The second-order valence-corrected chi connectivity index (χ2v) is 9.73. The van der Waals surface area contributed by atoms with E-state index >= 15 is 0 Å². The number of benzene rings is 3.